The number of carbonyl (C=O) groups is 3. The maximum absolute atomic E-state index is 15.4. The predicted molar refractivity (Wildman–Crippen MR) is 153 cm³/mol. The lowest BCUT2D eigenvalue weighted by Gasteiger charge is -2.23. The molecule has 0 radical (unpaired) electrons. The van der Waals surface area contributed by atoms with Gasteiger partial charge < -0.3 is 26.4 Å². The predicted octanol–water partition coefficient (Wildman–Crippen LogP) is 2.61. The Kier molecular flexibility index (Phi) is 9.69. The second-order valence-corrected chi connectivity index (χ2v) is 10.5. The van der Waals surface area contributed by atoms with Crippen LogP contribution < -0.4 is 26.7 Å². The number of fused-ring (bicyclic) bond motifs is 1. The van der Waals surface area contributed by atoms with Crippen molar-refractivity contribution >= 4 is 34.6 Å². The number of anilines is 1. The molecule has 5 N–H and O–H groups in total. The van der Waals surface area contributed by atoms with Crippen molar-refractivity contribution in [3.8, 4) is 5.69 Å². The lowest BCUT2D eigenvalue weighted by atomic mass is 10.1. The number of nitrogens with two attached hydrogens (primary N) is 1. The highest BCUT2D eigenvalue weighted by molar-refractivity contribution is 5.93. The van der Waals surface area contributed by atoms with Crippen molar-refractivity contribution in [1.29, 1.82) is 0 Å². The Morgan fingerprint density at radius 3 is 2.47 bits per heavy atom. The first kappa shape index (κ1) is 31.5. The van der Waals surface area contributed by atoms with E-state index in [1.165, 1.54) is 4.90 Å². The zero-order valence-corrected chi connectivity index (χ0v) is 23.7. The Morgan fingerprint density at radius 1 is 1.09 bits per heavy atom. The fourth-order valence-electron chi connectivity index (χ4n) is 5.10. The number of nitrogens with one attached hydrogen (secondary N) is 2. The fraction of sp³-hybridized carbons (Fsp3) is 0.414. The van der Waals surface area contributed by atoms with Crippen LogP contribution in [0.2, 0.25) is 0 Å². The standard InChI is InChI=1S/C29H33F3N6O5/c1-3-5-21(33)27(40)35-22(6-4-2)28(41)34-16-9-10-37(13-16)26-20(32)12-17-24(39)18(29(42)43)14-38(25(17)36-26)23-8-7-15(30)11-19(23)31/h7-8,11-12,14,16,21-22H,3-6,9-10,13,33H2,1-2H3,(H,34,41)(H,35,40)(H,42,43). The number of aromatic nitrogens is 2. The van der Waals surface area contributed by atoms with Gasteiger partial charge in [-0.1, -0.05) is 26.7 Å². The van der Waals surface area contributed by atoms with Crippen LogP contribution >= 0.6 is 0 Å². The summed E-state index contributed by atoms with van der Waals surface area (Å²) >= 11 is 0. The summed E-state index contributed by atoms with van der Waals surface area (Å²) in [4.78, 5) is 55.9. The van der Waals surface area contributed by atoms with E-state index in [1.807, 2.05) is 13.8 Å². The van der Waals surface area contributed by atoms with E-state index in [0.29, 0.717) is 38.2 Å². The molecular weight excluding hydrogens is 569 g/mol. The molecule has 0 bridgehead atoms. The van der Waals surface area contributed by atoms with Crippen LogP contribution in [-0.4, -0.2) is 63.7 Å². The molecule has 3 atom stereocenters. The van der Waals surface area contributed by atoms with Crippen molar-refractivity contribution in [3.05, 3.63) is 63.7 Å². The molecule has 2 amide bonds. The zero-order valence-electron chi connectivity index (χ0n) is 23.7. The van der Waals surface area contributed by atoms with Gasteiger partial charge in [-0.3, -0.25) is 19.0 Å². The Hall–Kier alpha value is -4.46. The molecule has 3 aromatic rings. The molecule has 11 nitrogen and oxygen atoms in total. The molecule has 230 valence electrons. The minimum absolute atomic E-state index is 0.131. The van der Waals surface area contributed by atoms with Gasteiger partial charge >= 0.3 is 5.97 Å². The summed E-state index contributed by atoms with van der Waals surface area (Å²) in [6.45, 7) is 4.16. The molecule has 1 aliphatic heterocycles. The molecule has 0 aliphatic carbocycles. The van der Waals surface area contributed by atoms with Crippen LogP contribution in [0.5, 0.6) is 0 Å². The van der Waals surface area contributed by atoms with Crippen LogP contribution in [-0.2, 0) is 9.59 Å². The third-order valence-corrected chi connectivity index (χ3v) is 7.29. The molecule has 3 heterocycles. The maximum Gasteiger partial charge on any atom is 0.341 e. The minimum atomic E-state index is -1.62. The number of carboxylic acids is 1. The number of amides is 2. The fourth-order valence-corrected chi connectivity index (χ4v) is 5.10. The number of hydrogen-bond donors (Lipinski definition) is 4. The smallest absolute Gasteiger partial charge is 0.341 e. The summed E-state index contributed by atoms with van der Waals surface area (Å²) in [5.41, 5.74) is 3.58. The van der Waals surface area contributed by atoms with Crippen LogP contribution in [0.3, 0.4) is 0 Å². The van der Waals surface area contributed by atoms with Crippen molar-refractivity contribution in [2.24, 2.45) is 5.73 Å². The number of halogens is 3. The van der Waals surface area contributed by atoms with Gasteiger partial charge in [-0.05, 0) is 37.5 Å². The van der Waals surface area contributed by atoms with E-state index in [4.69, 9.17) is 5.73 Å². The molecule has 1 aromatic carbocycles. The second-order valence-electron chi connectivity index (χ2n) is 10.5. The Balaban J connectivity index is 1.62. The molecule has 43 heavy (non-hydrogen) atoms. The summed E-state index contributed by atoms with van der Waals surface area (Å²) in [5, 5.41) is 14.7. The van der Waals surface area contributed by atoms with E-state index in [9.17, 15) is 33.1 Å². The summed E-state index contributed by atoms with van der Waals surface area (Å²) in [6, 6.07) is 1.46. The number of benzene rings is 1. The van der Waals surface area contributed by atoms with Crippen molar-refractivity contribution in [2.75, 3.05) is 18.0 Å². The summed E-state index contributed by atoms with van der Waals surface area (Å²) < 4.78 is 44.7. The quantitative estimate of drug-likeness (QED) is 0.261. The molecule has 1 saturated heterocycles. The molecule has 0 spiro atoms. The van der Waals surface area contributed by atoms with E-state index in [-0.39, 0.29) is 30.2 Å². The first-order valence-corrected chi connectivity index (χ1v) is 14.0. The third-order valence-electron chi connectivity index (χ3n) is 7.29. The topological polar surface area (TPSA) is 160 Å². The van der Waals surface area contributed by atoms with Gasteiger partial charge in [0.25, 0.3) is 0 Å². The van der Waals surface area contributed by atoms with Gasteiger partial charge in [0, 0.05) is 31.4 Å². The molecule has 1 aliphatic rings. The summed E-state index contributed by atoms with van der Waals surface area (Å²) in [6.07, 6.45) is 3.48. The number of carboxylic acid groups (broad SMARTS) is 1. The summed E-state index contributed by atoms with van der Waals surface area (Å²) in [5.74, 6) is -5.49. The van der Waals surface area contributed by atoms with Gasteiger partial charge in [-0.15, -0.1) is 0 Å². The average molecular weight is 603 g/mol. The van der Waals surface area contributed by atoms with Crippen molar-refractivity contribution in [3.63, 3.8) is 0 Å². The van der Waals surface area contributed by atoms with Crippen LogP contribution in [0.15, 0.2) is 35.3 Å². The zero-order chi connectivity index (χ0) is 31.4. The lowest BCUT2D eigenvalue weighted by molar-refractivity contribution is -0.130. The average Bonchev–Trinajstić information content (AvgIpc) is 3.41. The van der Waals surface area contributed by atoms with Crippen LogP contribution in [0.25, 0.3) is 16.7 Å². The highest BCUT2D eigenvalue weighted by atomic mass is 19.1. The molecule has 4 rings (SSSR count). The van der Waals surface area contributed by atoms with Crippen molar-refractivity contribution < 1.29 is 32.7 Å². The maximum atomic E-state index is 15.4. The number of nitrogens with zero attached hydrogens (tertiary/aromatic N) is 3. The van der Waals surface area contributed by atoms with Gasteiger partial charge in [0.2, 0.25) is 17.2 Å². The van der Waals surface area contributed by atoms with E-state index < -0.39 is 69.7 Å². The molecular formula is C29H33F3N6O5. The molecule has 1 fully saturated rings. The Bertz CT molecular complexity index is 1610. The van der Waals surface area contributed by atoms with Crippen molar-refractivity contribution in [2.45, 2.75) is 64.1 Å². The SMILES string of the molecule is CCCC(N)C(=O)NC(CCC)C(=O)NC1CCN(c2nc3c(cc2F)c(=O)c(C(=O)O)cn3-c2ccc(F)cc2F)C1. The first-order chi connectivity index (χ1) is 20.4. The van der Waals surface area contributed by atoms with Crippen LogP contribution in [0.4, 0.5) is 19.0 Å². The minimum Gasteiger partial charge on any atom is -0.477 e. The van der Waals surface area contributed by atoms with Gasteiger partial charge in [0.05, 0.1) is 17.1 Å². The van der Waals surface area contributed by atoms with Gasteiger partial charge in [-0.25, -0.2) is 22.9 Å². The highest BCUT2D eigenvalue weighted by Crippen LogP contribution is 2.27. The van der Waals surface area contributed by atoms with E-state index >= 15 is 4.39 Å². The van der Waals surface area contributed by atoms with E-state index in [1.54, 1.807) is 0 Å². The normalized spacial score (nSPS) is 16.2. The van der Waals surface area contributed by atoms with Crippen LogP contribution in [0, 0.1) is 17.5 Å². The van der Waals surface area contributed by atoms with Gasteiger partial charge in [-0.2, -0.15) is 0 Å². The van der Waals surface area contributed by atoms with Crippen molar-refractivity contribution in [1.82, 2.24) is 20.2 Å². The lowest BCUT2D eigenvalue weighted by Crippen LogP contribution is -2.53. The molecule has 0 saturated carbocycles. The summed E-state index contributed by atoms with van der Waals surface area (Å²) in [7, 11) is 0. The largest absolute Gasteiger partial charge is 0.477 e. The molecule has 14 heteroatoms. The number of rotatable bonds is 11. The van der Waals surface area contributed by atoms with Gasteiger partial charge in [0.1, 0.15) is 23.2 Å². The number of hydrogen-bond acceptors (Lipinski definition) is 7. The number of pyridine rings is 2. The molecule has 3 unspecified atom stereocenters. The monoisotopic (exact) mass is 602 g/mol. The first-order valence-electron chi connectivity index (χ1n) is 14.0. The Labute approximate surface area is 244 Å². The third kappa shape index (κ3) is 6.79. The van der Waals surface area contributed by atoms with Gasteiger partial charge in [0.15, 0.2) is 17.3 Å². The van der Waals surface area contributed by atoms with E-state index in [0.717, 1.165) is 29.0 Å². The molecule has 2 aromatic heterocycles. The second kappa shape index (κ2) is 13.2. The van der Waals surface area contributed by atoms with E-state index in [2.05, 4.69) is 15.6 Å². The highest BCUT2D eigenvalue weighted by Gasteiger charge is 2.31. The number of carbonyl (C=O) groups excluding carboxylic acids is 2. The van der Waals surface area contributed by atoms with Crippen LogP contribution in [0.1, 0.15) is 56.3 Å². The number of aromatic carboxylic acids is 1. The Morgan fingerprint density at radius 2 is 1.81 bits per heavy atom.